The molecule has 1 saturated heterocycles. The fourth-order valence-corrected chi connectivity index (χ4v) is 1.98. The molecule has 0 aromatic heterocycles. The minimum absolute atomic E-state index is 0.377. The summed E-state index contributed by atoms with van der Waals surface area (Å²) < 4.78 is 5.26. The minimum Gasteiger partial charge on any atom is -0.384 e. The first-order chi connectivity index (χ1) is 5.83. The quantitative estimate of drug-likeness (QED) is 0.645. The van der Waals surface area contributed by atoms with Crippen molar-refractivity contribution >= 4 is 0 Å². The summed E-state index contributed by atoms with van der Waals surface area (Å²) in [5.41, 5.74) is 0.377. The average molecular weight is 169 g/mol. The van der Waals surface area contributed by atoms with E-state index in [1.165, 1.54) is 12.8 Å². The first kappa shape index (κ1) is 9.75. The van der Waals surface area contributed by atoms with Crippen molar-refractivity contribution in [3.8, 4) is 0 Å². The predicted molar refractivity (Wildman–Crippen MR) is 51.2 cm³/mol. The van der Waals surface area contributed by atoms with Crippen LogP contribution in [0.4, 0.5) is 0 Å². The molecule has 12 heavy (non-hydrogen) atoms. The van der Waals surface area contributed by atoms with Crippen LogP contribution in [0.1, 0.15) is 19.3 Å². The topological polar surface area (TPSA) is 21.3 Å². The van der Waals surface area contributed by atoms with Crippen molar-refractivity contribution in [3.63, 3.8) is 0 Å². The van der Waals surface area contributed by atoms with Gasteiger partial charge in [-0.3, -0.25) is 0 Å². The number of rotatable bonds is 4. The summed E-state index contributed by atoms with van der Waals surface area (Å²) in [7, 11) is 1.78. The van der Waals surface area contributed by atoms with E-state index in [-0.39, 0.29) is 0 Å². The molecule has 0 aliphatic carbocycles. The van der Waals surface area contributed by atoms with Crippen LogP contribution in [0, 0.1) is 5.41 Å². The molecule has 2 heteroatoms. The Hall–Kier alpha value is -0.340. The van der Waals surface area contributed by atoms with Crippen molar-refractivity contribution in [2.45, 2.75) is 19.3 Å². The molecule has 1 aliphatic rings. The maximum absolute atomic E-state index is 5.26. The molecular formula is C10H19NO. The van der Waals surface area contributed by atoms with Gasteiger partial charge in [0.25, 0.3) is 0 Å². The Morgan fingerprint density at radius 2 is 2.17 bits per heavy atom. The van der Waals surface area contributed by atoms with Crippen LogP contribution in [0.3, 0.4) is 0 Å². The summed E-state index contributed by atoms with van der Waals surface area (Å²) in [4.78, 5) is 0. The molecule has 1 heterocycles. The van der Waals surface area contributed by atoms with Crippen molar-refractivity contribution in [2.24, 2.45) is 5.41 Å². The number of methoxy groups -OCH3 is 1. The molecular weight excluding hydrogens is 150 g/mol. The number of piperidine rings is 1. The standard InChI is InChI=1S/C10H19NO/c1-3-4-10(9-12-2)5-7-11-8-6-10/h3,11H,1,4-9H2,2H3. The number of allylic oxidation sites excluding steroid dienone is 1. The third-order valence-corrected chi connectivity index (χ3v) is 2.69. The second-order valence-corrected chi connectivity index (χ2v) is 3.68. The summed E-state index contributed by atoms with van der Waals surface area (Å²) in [5.74, 6) is 0. The maximum atomic E-state index is 5.26. The van der Waals surface area contributed by atoms with Crippen molar-refractivity contribution in [3.05, 3.63) is 12.7 Å². The zero-order chi connectivity index (χ0) is 8.86. The highest BCUT2D eigenvalue weighted by atomic mass is 16.5. The smallest absolute Gasteiger partial charge is 0.0522 e. The van der Waals surface area contributed by atoms with Crippen LogP contribution in [-0.2, 0) is 4.74 Å². The molecule has 0 spiro atoms. The Bertz CT molecular complexity index is 133. The molecule has 1 rings (SSSR count). The molecule has 1 fully saturated rings. The van der Waals surface area contributed by atoms with Gasteiger partial charge in [0.1, 0.15) is 0 Å². The zero-order valence-corrected chi connectivity index (χ0v) is 7.94. The van der Waals surface area contributed by atoms with E-state index in [1.54, 1.807) is 7.11 Å². The summed E-state index contributed by atoms with van der Waals surface area (Å²) in [5, 5.41) is 3.37. The summed E-state index contributed by atoms with van der Waals surface area (Å²) in [6.07, 6.45) is 5.53. The van der Waals surface area contributed by atoms with Gasteiger partial charge in [-0.1, -0.05) is 6.08 Å². The van der Waals surface area contributed by atoms with E-state index in [4.69, 9.17) is 4.74 Å². The fraction of sp³-hybridized carbons (Fsp3) is 0.800. The SMILES string of the molecule is C=CCC1(COC)CCNCC1. The minimum atomic E-state index is 0.377. The lowest BCUT2D eigenvalue weighted by molar-refractivity contribution is 0.0561. The molecule has 0 radical (unpaired) electrons. The van der Waals surface area contributed by atoms with Gasteiger partial charge < -0.3 is 10.1 Å². The van der Waals surface area contributed by atoms with Crippen LogP contribution in [0.25, 0.3) is 0 Å². The third kappa shape index (κ3) is 2.32. The molecule has 70 valence electrons. The Morgan fingerprint density at radius 3 is 2.67 bits per heavy atom. The summed E-state index contributed by atoms with van der Waals surface area (Å²) >= 11 is 0. The van der Waals surface area contributed by atoms with Gasteiger partial charge in [0.15, 0.2) is 0 Å². The van der Waals surface area contributed by atoms with E-state index in [0.29, 0.717) is 5.41 Å². The van der Waals surface area contributed by atoms with Gasteiger partial charge in [-0.05, 0) is 37.8 Å². The monoisotopic (exact) mass is 169 g/mol. The van der Waals surface area contributed by atoms with Gasteiger partial charge >= 0.3 is 0 Å². The van der Waals surface area contributed by atoms with Gasteiger partial charge in [-0.2, -0.15) is 0 Å². The Labute approximate surface area is 75.0 Å². The van der Waals surface area contributed by atoms with Crippen molar-refractivity contribution in [1.29, 1.82) is 0 Å². The zero-order valence-electron chi connectivity index (χ0n) is 7.94. The van der Waals surface area contributed by atoms with Crippen molar-refractivity contribution < 1.29 is 4.74 Å². The van der Waals surface area contributed by atoms with Crippen LogP contribution in [0.5, 0.6) is 0 Å². The van der Waals surface area contributed by atoms with E-state index in [9.17, 15) is 0 Å². The molecule has 0 unspecified atom stereocenters. The molecule has 1 aliphatic heterocycles. The number of ether oxygens (including phenoxy) is 1. The second-order valence-electron chi connectivity index (χ2n) is 3.68. The van der Waals surface area contributed by atoms with E-state index in [0.717, 1.165) is 26.1 Å². The van der Waals surface area contributed by atoms with Gasteiger partial charge in [-0.25, -0.2) is 0 Å². The van der Waals surface area contributed by atoms with Crippen LogP contribution in [0.15, 0.2) is 12.7 Å². The predicted octanol–water partition coefficient (Wildman–Crippen LogP) is 1.58. The van der Waals surface area contributed by atoms with Crippen LogP contribution >= 0.6 is 0 Å². The maximum Gasteiger partial charge on any atom is 0.0522 e. The largest absolute Gasteiger partial charge is 0.384 e. The first-order valence-corrected chi connectivity index (χ1v) is 4.63. The molecule has 0 saturated carbocycles. The van der Waals surface area contributed by atoms with Gasteiger partial charge in [-0.15, -0.1) is 6.58 Å². The molecule has 0 aromatic carbocycles. The number of hydrogen-bond donors (Lipinski definition) is 1. The van der Waals surface area contributed by atoms with Crippen LogP contribution in [0.2, 0.25) is 0 Å². The normalized spacial score (nSPS) is 22.1. The Kier molecular flexibility index (Phi) is 3.76. The highest BCUT2D eigenvalue weighted by Crippen LogP contribution is 2.32. The Morgan fingerprint density at radius 1 is 1.50 bits per heavy atom. The van der Waals surface area contributed by atoms with E-state index < -0.39 is 0 Å². The van der Waals surface area contributed by atoms with Gasteiger partial charge in [0.2, 0.25) is 0 Å². The van der Waals surface area contributed by atoms with E-state index in [2.05, 4.69) is 11.9 Å². The molecule has 0 atom stereocenters. The summed E-state index contributed by atoms with van der Waals surface area (Å²) in [6.45, 7) is 6.93. The van der Waals surface area contributed by atoms with Crippen molar-refractivity contribution in [1.82, 2.24) is 5.32 Å². The number of nitrogens with one attached hydrogen (secondary N) is 1. The molecule has 0 amide bonds. The van der Waals surface area contributed by atoms with E-state index in [1.807, 2.05) is 6.08 Å². The lowest BCUT2D eigenvalue weighted by atomic mass is 9.77. The summed E-state index contributed by atoms with van der Waals surface area (Å²) in [6, 6.07) is 0. The lowest BCUT2D eigenvalue weighted by Gasteiger charge is -2.36. The Balaban J connectivity index is 2.49. The molecule has 0 aromatic rings. The van der Waals surface area contributed by atoms with Crippen LogP contribution in [-0.4, -0.2) is 26.8 Å². The second kappa shape index (κ2) is 4.63. The third-order valence-electron chi connectivity index (χ3n) is 2.69. The molecule has 0 bridgehead atoms. The molecule has 1 N–H and O–H groups in total. The number of hydrogen-bond acceptors (Lipinski definition) is 2. The highest BCUT2D eigenvalue weighted by Gasteiger charge is 2.30. The first-order valence-electron chi connectivity index (χ1n) is 4.63. The van der Waals surface area contributed by atoms with E-state index >= 15 is 0 Å². The van der Waals surface area contributed by atoms with Gasteiger partial charge in [0, 0.05) is 7.11 Å². The lowest BCUT2D eigenvalue weighted by Crippen LogP contribution is -2.39. The van der Waals surface area contributed by atoms with Gasteiger partial charge in [0.05, 0.1) is 6.61 Å². The van der Waals surface area contributed by atoms with Crippen molar-refractivity contribution in [2.75, 3.05) is 26.8 Å². The fourth-order valence-electron chi connectivity index (χ4n) is 1.98. The van der Waals surface area contributed by atoms with Crippen LogP contribution < -0.4 is 5.32 Å². The molecule has 2 nitrogen and oxygen atoms in total. The average Bonchev–Trinajstić information content (AvgIpc) is 2.07. The highest BCUT2D eigenvalue weighted by molar-refractivity contribution is 4.90.